The second-order valence-corrected chi connectivity index (χ2v) is 6.22. The molecule has 1 aromatic rings. The number of hydrogen-bond donors (Lipinski definition) is 1. The van der Waals surface area contributed by atoms with Gasteiger partial charge in [0.25, 0.3) is 11.8 Å². The van der Waals surface area contributed by atoms with Crippen LogP contribution in [0.2, 0.25) is 0 Å². The van der Waals surface area contributed by atoms with Crippen molar-refractivity contribution in [2.24, 2.45) is 5.41 Å². The number of pyridine rings is 1. The second kappa shape index (κ2) is 4.66. The van der Waals surface area contributed by atoms with Gasteiger partial charge in [0.2, 0.25) is 0 Å². The van der Waals surface area contributed by atoms with Crippen LogP contribution in [-0.2, 0) is 0 Å². The molecule has 1 atom stereocenters. The van der Waals surface area contributed by atoms with Crippen molar-refractivity contribution in [1.29, 1.82) is 0 Å². The lowest BCUT2D eigenvalue weighted by molar-refractivity contribution is 0.0577. The van der Waals surface area contributed by atoms with E-state index < -0.39 is 0 Å². The maximum Gasteiger partial charge on any atom is 0.280 e. The Kier molecular flexibility index (Phi) is 3.09. The van der Waals surface area contributed by atoms with Crippen molar-refractivity contribution in [3.05, 3.63) is 29.6 Å². The Balaban J connectivity index is 1.83. The molecule has 0 bridgehead atoms. The first kappa shape index (κ1) is 13.2. The summed E-state index contributed by atoms with van der Waals surface area (Å²) in [6.45, 7) is 5.72. The molecule has 3 rings (SSSR count). The molecular formula is C15H19N3O2. The smallest absolute Gasteiger partial charge is 0.280 e. The predicted molar refractivity (Wildman–Crippen MR) is 74.4 cm³/mol. The normalized spacial score (nSPS) is 24.9. The monoisotopic (exact) mass is 273 g/mol. The zero-order chi connectivity index (χ0) is 14.3. The van der Waals surface area contributed by atoms with Crippen LogP contribution < -0.4 is 5.32 Å². The van der Waals surface area contributed by atoms with Gasteiger partial charge >= 0.3 is 0 Å². The Morgan fingerprint density at radius 3 is 2.90 bits per heavy atom. The molecule has 106 valence electrons. The third kappa shape index (κ3) is 2.02. The Hall–Kier alpha value is -1.75. The number of fused-ring (bicyclic) bond motifs is 1. The molecule has 3 heterocycles. The molecule has 20 heavy (non-hydrogen) atoms. The van der Waals surface area contributed by atoms with Gasteiger partial charge in [-0.05, 0) is 36.9 Å². The number of rotatable bonds is 2. The summed E-state index contributed by atoms with van der Waals surface area (Å²) in [5, 5.41) is 3.44. The van der Waals surface area contributed by atoms with Gasteiger partial charge in [-0.1, -0.05) is 13.8 Å². The lowest BCUT2D eigenvalue weighted by Gasteiger charge is -2.40. The highest BCUT2D eigenvalue weighted by molar-refractivity contribution is 6.20. The Morgan fingerprint density at radius 2 is 2.20 bits per heavy atom. The molecular weight excluding hydrogens is 254 g/mol. The van der Waals surface area contributed by atoms with E-state index in [1.54, 1.807) is 18.3 Å². The van der Waals surface area contributed by atoms with Crippen LogP contribution >= 0.6 is 0 Å². The summed E-state index contributed by atoms with van der Waals surface area (Å²) in [6, 6.07) is 3.50. The fourth-order valence-electron chi connectivity index (χ4n) is 3.04. The van der Waals surface area contributed by atoms with E-state index in [1.807, 2.05) is 0 Å². The molecule has 1 fully saturated rings. The maximum atomic E-state index is 12.3. The van der Waals surface area contributed by atoms with E-state index in [2.05, 4.69) is 24.1 Å². The van der Waals surface area contributed by atoms with Crippen LogP contribution in [0.5, 0.6) is 0 Å². The number of imide groups is 1. The van der Waals surface area contributed by atoms with E-state index in [9.17, 15) is 9.59 Å². The minimum absolute atomic E-state index is 0.0843. The maximum absolute atomic E-state index is 12.3. The number of nitrogens with one attached hydrogen (secondary N) is 1. The van der Waals surface area contributed by atoms with E-state index in [0.29, 0.717) is 12.1 Å². The summed E-state index contributed by atoms with van der Waals surface area (Å²) < 4.78 is 0. The lowest BCUT2D eigenvalue weighted by atomic mass is 9.77. The van der Waals surface area contributed by atoms with Crippen molar-refractivity contribution in [2.75, 3.05) is 13.1 Å². The van der Waals surface area contributed by atoms with Gasteiger partial charge in [-0.25, -0.2) is 0 Å². The zero-order valence-corrected chi connectivity index (χ0v) is 11.8. The standard InChI is InChI=1S/C15H19N3O2/c1-15(2)6-4-8-16-11(15)9-18-13(19)10-5-3-7-17-12(10)14(18)20/h3,5,7,11,16H,4,6,8-9H2,1-2H3. The molecule has 0 spiro atoms. The van der Waals surface area contributed by atoms with Gasteiger partial charge in [0.1, 0.15) is 5.69 Å². The van der Waals surface area contributed by atoms with Gasteiger partial charge in [-0.15, -0.1) is 0 Å². The molecule has 0 aliphatic carbocycles. The van der Waals surface area contributed by atoms with Crippen molar-refractivity contribution in [3.8, 4) is 0 Å². The SMILES string of the molecule is CC1(C)CCCNC1CN1C(=O)c2cccnc2C1=O. The van der Waals surface area contributed by atoms with Crippen molar-refractivity contribution in [2.45, 2.75) is 32.7 Å². The molecule has 0 aromatic carbocycles. The third-order valence-corrected chi connectivity index (χ3v) is 4.43. The predicted octanol–water partition coefficient (Wildman–Crippen LogP) is 1.46. The summed E-state index contributed by atoms with van der Waals surface area (Å²) >= 11 is 0. The molecule has 2 aliphatic rings. The summed E-state index contributed by atoms with van der Waals surface area (Å²) in [5.74, 6) is -0.491. The quantitative estimate of drug-likeness (QED) is 0.829. The van der Waals surface area contributed by atoms with Crippen LogP contribution in [0.4, 0.5) is 0 Å². The molecule has 0 radical (unpaired) electrons. The summed E-state index contributed by atoms with van der Waals surface area (Å²) in [6.07, 6.45) is 3.79. The molecule has 1 N–H and O–H groups in total. The average molecular weight is 273 g/mol. The molecule has 1 aromatic heterocycles. The Labute approximate surface area is 118 Å². The van der Waals surface area contributed by atoms with Crippen LogP contribution in [0.25, 0.3) is 0 Å². The lowest BCUT2D eigenvalue weighted by Crippen LogP contribution is -2.53. The number of hydrogen-bond acceptors (Lipinski definition) is 4. The Morgan fingerprint density at radius 1 is 1.40 bits per heavy atom. The summed E-state index contributed by atoms with van der Waals surface area (Å²) in [5.41, 5.74) is 0.790. The largest absolute Gasteiger partial charge is 0.312 e. The van der Waals surface area contributed by atoms with Crippen molar-refractivity contribution in [1.82, 2.24) is 15.2 Å². The topological polar surface area (TPSA) is 62.3 Å². The Bertz CT molecular complexity index is 533. The van der Waals surface area contributed by atoms with Gasteiger partial charge in [-0.2, -0.15) is 0 Å². The fraction of sp³-hybridized carbons (Fsp3) is 0.533. The molecule has 2 amide bonds. The van der Waals surface area contributed by atoms with E-state index >= 15 is 0 Å². The van der Waals surface area contributed by atoms with Crippen LogP contribution in [-0.4, -0.2) is 40.8 Å². The van der Waals surface area contributed by atoms with Crippen molar-refractivity contribution >= 4 is 11.8 Å². The van der Waals surface area contributed by atoms with E-state index in [4.69, 9.17) is 0 Å². The number of nitrogens with zero attached hydrogens (tertiary/aromatic N) is 2. The van der Waals surface area contributed by atoms with E-state index in [0.717, 1.165) is 19.4 Å². The van der Waals surface area contributed by atoms with Crippen LogP contribution in [0.15, 0.2) is 18.3 Å². The number of piperidine rings is 1. The van der Waals surface area contributed by atoms with E-state index in [1.165, 1.54) is 4.90 Å². The van der Waals surface area contributed by atoms with Gasteiger partial charge in [0, 0.05) is 18.8 Å². The number of aromatic nitrogens is 1. The zero-order valence-electron chi connectivity index (χ0n) is 11.8. The second-order valence-electron chi connectivity index (χ2n) is 6.22. The third-order valence-electron chi connectivity index (χ3n) is 4.43. The minimum Gasteiger partial charge on any atom is -0.312 e. The van der Waals surface area contributed by atoms with E-state index in [-0.39, 0.29) is 29.0 Å². The summed E-state index contributed by atoms with van der Waals surface area (Å²) in [4.78, 5) is 30.0. The highest BCUT2D eigenvalue weighted by Gasteiger charge is 2.41. The molecule has 2 aliphatic heterocycles. The van der Waals surface area contributed by atoms with Crippen molar-refractivity contribution < 1.29 is 9.59 Å². The van der Waals surface area contributed by atoms with Gasteiger partial charge in [0.05, 0.1) is 5.56 Å². The number of carbonyl (C=O) groups excluding carboxylic acids is 2. The average Bonchev–Trinajstić information content (AvgIpc) is 2.66. The first-order chi connectivity index (χ1) is 9.50. The number of carbonyl (C=O) groups is 2. The van der Waals surface area contributed by atoms with Crippen molar-refractivity contribution in [3.63, 3.8) is 0 Å². The first-order valence-electron chi connectivity index (χ1n) is 7.05. The van der Waals surface area contributed by atoms with Gasteiger partial charge < -0.3 is 5.32 Å². The van der Waals surface area contributed by atoms with Gasteiger partial charge in [0.15, 0.2) is 0 Å². The van der Waals surface area contributed by atoms with Crippen LogP contribution in [0, 0.1) is 5.41 Å². The molecule has 0 saturated carbocycles. The van der Waals surface area contributed by atoms with Crippen LogP contribution in [0.1, 0.15) is 47.5 Å². The molecule has 5 heteroatoms. The molecule has 5 nitrogen and oxygen atoms in total. The first-order valence-corrected chi connectivity index (χ1v) is 7.05. The fourth-order valence-corrected chi connectivity index (χ4v) is 3.04. The van der Waals surface area contributed by atoms with Crippen LogP contribution in [0.3, 0.4) is 0 Å². The number of amides is 2. The van der Waals surface area contributed by atoms with Gasteiger partial charge in [-0.3, -0.25) is 19.5 Å². The summed E-state index contributed by atoms with van der Waals surface area (Å²) in [7, 11) is 0. The molecule has 1 saturated heterocycles. The molecule has 1 unspecified atom stereocenters. The minimum atomic E-state index is -0.270. The highest BCUT2D eigenvalue weighted by atomic mass is 16.2. The highest BCUT2D eigenvalue weighted by Crippen LogP contribution is 2.32.